The lowest BCUT2D eigenvalue weighted by molar-refractivity contribution is -0.143. The number of rotatable bonds is 5. The van der Waals surface area contributed by atoms with Crippen molar-refractivity contribution in [2.75, 3.05) is 0 Å². The fourth-order valence-electron chi connectivity index (χ4n) is 2.79. The monoisotopic (exact) mass is 372 g/mol. The number of aliphatic carboxylic acids is 1. The van der Waals surface area contributed by atoms with Gasteiger partial charge in [-0.15, -0.1) is 11.3 Å². The van der Waals surface area contributed by atoms with E-state index < -0.39 is 17.4 Å². The molecule has 8 heteroatoms. The number of carboxylic acid groups (broad SMARTS) is 1. The average molecular weight is 372 g/mol. The average Bonchev–Trinajstić information content (AvgIpc) is 3.23. The summed E-state index contributed by atoms with van der Waals surface area (Å²) < 4.78 is 1.63. The summed E-state index contributed by atoms with van der Waals surface area (Å²) >= 11 is 1.52. The van der Waals surface area contributed by atoms with Gasteiger partial charge in [-0.3, -0.25) is 9.48 Å². The molecule has 0 aromatic carbocycles. The smallest absolute Gasteiger partial charge is 0.329 e. The number of carbonyl (C=O) groups excluding carboxylic acids is 1. The Labute approximate surface area is 154 Å². The van der Waals surface area contributed by atoms with Gasteiger partial charge in [0.1, 0.15) is 5.54 Å². The third-order valence-corrected chi connectivity index (χ3v) is 5.45. The molecule has 0 saturated carbocycles. The van der Waals surface area contributed by atoms with E-state index in [1.54, 1.807) is 24.7 Å². The van der Waals surface area contributed by atoms with Crippen LogP contribution in [-0.4, -0.2) is 37.3 Å². The van der Waals surface area contributed by atoms with Crippen molar-refractivity contribution in [3.05, 3.63) is 34.8 Å². The highest BCUT2D eigenvalue weighted by atomic mass is 32.1. The van der Waals surface area contributed by atoms with Crippen LogP contribution in [0.3, 0.4) is 0 Å². The molecule has 0 fully saturated rings. The lowest BCUT2D eigenvalue weighted by atomic mass is 9.98. The Morgan fingerprint density at radius 1 is 1.42 bits per heavy atom. The summed E-state index contributed by atoms with van der Waals surface area (Å²) in [5.41, 5.74) is 0.962. The molecule has 3 aromatic rings. The number of aryl methyl sites for hydroxylation is 2. The summed E-state index contributed by atoms with van der Waals surface area (Å²) in [5.74, 6) is -1.52. The van der Waals surface area contributed by atoms with E-state index in [1.165, 1.54) is 18.3 Å². The molecule has 0 saturated heterocycles. The maximum absolute atomic E-state index is 13.0. The molecule has 1 atom stereocenters. The van der Waals surface area contributed by atoms with Crippen LogP contribution in [0.4, 0.5) is 0 Å². The van der Waals surface area contributed by atoms with E-state index in [1.807, 2.05) is 24.4 Å². The number of hydrogen-bond acceptors (Lipinski definition) is 5. The number of fused-ring (bicyclic) bond motifs is 1. The Kier molecular flexibility index (Phi) is 4.53. The zero-order valence-corrected chi connectivity index (χ0v) is 15.8. The minimum atomic E-state index is -1.34. The first kappa shape index (κ1) is 18.1. The molecule has 1 unspecified atom stereocenters. The molecule has 0 radical (unpaired) electrons. The molecule has 7 nitrogen and oxygen atoms in total. The molecule has 2 N–H and O–H groups in total. The van der Waals surface area contributed by atoms with Gasteiger partial charge in [-0.1, -0.05) is 13.0 Å². The Bertz CT molecular complexity index is 994. The van der Waals surface area contributed by atoms with Crippen LogP contribution in [0.15, 0.2) is 23.6 Å². The first-order valence-electron chi connectivity index (χ1n) is 8.21. The SMILES string of the molecule is CCC(C)(NC(=O)c1cc(-c2cccs2)nc2c1c(C)nn2C)C(=O)O. The topological polar surface area (TPSA) is 97.1 Å². The summed E-state index contributed by atoms with van der Waals surface area (Å²) in [6.07, 6.45) is 0.270. The van der Waals surface area contributed by atoms with Gasteiger partial charge < -0.3 is 10.4 Å². The van der Waals surface area contributed by atoms with Gasteiger partial charge in [-0.05, 0) is 37.8 Å². The number of nitrogens with zero attached hydrogens (tertiary/aromatic N) is 3. The van der Waals surface area contributed by atoms with E-state index in [0.717, 1.165) is 4.88 Å². The number of carbonyl (C=O) groups is 2. The summed E-state index contributed by atoms with van der Waals surface area (Å²) in [6.45, 7) is 5.03. The van der Waals surface area contributed by atoms with Crippen LogP contribution in [0.5, 0.6) is 0 Å². The zero-order chi connectivity index (χ0) is 19.1. The van der Waals surface area contributed by atoms with Gasteiger partial charge in [-0.2, -0.15) is 5.10 Å². The minimum absolute atomic E-state index is 0.270. The largest absolute Gasteiger partial charge is 0.480 e. The van der Waals surface area contributed by atoms with E-state index >= 15 is 0 Å². The van der Waals surface area contributed by atoms with Crippen LogP contribution in [0.25, 0.3) is 21.6 Å². The van der Waals surface area contributed by atoms with E-state index in [4.69, 9.17) is 0 Å². The first-order valence-corrected chi connectivity index (χ1v) is 9.09. The van der Waals surface area contributed by atoms with Crippen LogP contribution in [0.1, 0.15) is 36.3 Å². The number of aromatic nitrogens is 3. The maximum atomic E-state index is 13.0. The van der Waals surface area contributed by atoms with Crippen molar-refractivity contribution in [2.45, 2.75) is 32.7 Å². The molecule has 3 heterocycles. The third-order valence-electron chi connectivity index (χ3n) is 4.56. The standard InChI is InChI=1S/C18H20N4O3S/c1-5-18(3,17(24)25)20-16(23)11-9-12(13-7-6-8-26-13)19-15-14(11)10(2)21-22(15)4/h6-9H,5H2,1-4H3,(H,20,23)(H,24,25). The van der Waals surface area contributed by atoms with E-state index in [-0.39, 0.29) is 6.42 Å². The molecular weight excluding hydrogens is 352 g/mol. The van der Waals surface area contributed by atoms with Crippen LogP contribution >= 0.6 is 11.3 Å². The van der Waals surface area contributed by atoms with Crippen LogP contribution in [0, 0.1) is 6.92 Å². The molecule has 136 valence electrons. The van der Waals surface area contributed by atoms with Crippen molar-refractivity contribution in [3.8, 4) is 10.6 Å². The lowest BCUT2D eigenvalue weighted by Gasteiger charge is -2.24. The van der Waals surface area contributed by atoms with Crippen LogP contribution < -0.4 is 5.32 Å². The van der Waals surface area contributed by atoms with Crippen LogP contribution in [-0.2, 0) is 11.8 Å². The van der Waals surface area contributed by atoms with Crippen molar-refractivity contribution >= 4 is 34.2 Å². The van der Waals surface area contributed by atoms with E-state index in [9.17, 15) is 14.7 Å². The van der Waals surface area contributed by atoms with Crippen molar-refractivity contribution < 1.29 is 14.7 Å². The highest BCUT2D eigenvalue weighted by Gasteiger charge is 2.34. The maximum Gasteiger partial charge on any atom is 0.329 e. The van der Waals surface area contributed by atoms with Gasteiger partial charge in [0.25, 0.3) is 5.91 Å². The number of amides is 1. The molecule has 0 spiro atoms. The highest BCUT2D eigenvalue weighted by molar-refractivity contribution is 7.13. The second-order valence-corrected chi connectivity index (χ2v) is 7.33. The fraction of sp³-hybridized carbons (Fsp3) is 0.333. The van der Waals surface area contributed by atoms with Crippen molar-refractivity contribution in [3.63, 3.8) is 0 Å². The summed E-state index contributed by atoms with van der Waals surface area (Å²) in [5, 5.41) is 19.1. The van der Waals surface area contributed by atoms with Gasteiger partial charge in [0.15, 0.2) is 5.65 Å². The van der Waals surface area contributed by atoms with Gasteiger partial charge in [0.2, 0.25) is 0 Å². The van der Waals surface area contributed by atoms with Crippen molar-refractivity contribution in [2.24, 2.45) is 7.05 Å². The molecule has 0 aliphatic heterocycles. The molecular formula is C18H20N4O3S. The zero-order valence-electron chi connectivity index (χ0n) is 15.0. The predicted octanol–water partition coefficient (Wildman–Crippen LogP) is 2.99. The second kappa shape index (κ2) is 6.53. The number of nitrogens with one attached hydrogen (secondary N) is 1. The molecule has 1 amide bonds. The Morgan fingerprint density at radius 2 is 2.15 bits per heavy atom. The summed E-state index contributed by atoms with van der Waals surface area (Å²) in [7, 11) is 1.77. The summed E-state index contributed by atoms with van der Waals surface area (Å²) in [4.78, 5) is 30.1. The number of hydrogen-bond donors (Lipinski definition) is 2. The first-order chi connectivity index (χ1) is 12.3. The Hall–Kier alpha value is -2.74. The predicted molar refractivity (Wildman–Crippen MR) is 100 cm³/mol. The normalized spacial score (nSPS) is 13.5. The van der Waals surface area contributed by atoms with Gasteiger partial charge in [-0.25, -0.2) is 9.78 Å². The number of carboxylic acids is 1. The summed E-state index contributed by atoms with van der Waals surface area (Å²) in [6, 6.07) is 5.55. The van der Waals surface area contributed by atoms with Crippen LogP contribution in [0.2, 0.25) is 0 Å². The van der Waals surface area contributed by atoms with Gasteiger partial charge in [0, 0.05) is 7.05 Å². The second-order valence-electron chi connectivity index (χ2n) is 6.38. The number of thiophene rings is 1. The molecule has 3 rings (SSSR count). The fourth-order valence-corrected chi connectivity index (χ4v) is 3.47. The molecule has 3 aromatic heterocycles. The highest BCUT2D eigenvalue weighted by Crippen LogP contribution is 2.29. The Morgan fingerprint density at radius 3 is 2.73 bits per heavy atom. The third kappa shape index (κ3) is 2.96. The minimum Gasteiger partial charge on any atom is -0.480 e. The van der Waals surface area contributed by atoms with Crippen molar-refractivity contribution in [1.82, 2.24) is 20.1 Å². The Balaban J connectivity index is 2.17. The van der Waals surface area contributed by atoms with Crippen molar-refractivity contribution in [1.29, 1.82) is 0 Å². The van der Waals surface area contributed by atoms with Gasteiger partial charge in [0.05, 0.1) is 27.2 Å². The van der Waals surface area contributed by atoms with Gasteiger partial charge >= 0.3 is 5.97 Å². The van der Waals surface area contributed by atoms with E-state index in [0.29, 0.717) is 28.0 Å². The molecule has 0 aliphatic carbocycles. The molecule has 0 aliphatic rings. The van der Waals surface area contributed by atoms with E-state index in [2.05, 4.69) is 15.4 Å². The molecule has 26 heavy (non-hydrogen) atoms. The molecule has 0 bridgehead atoms. The quantitative estimate of drug-likeness (QED) is 0.718. The number of pyridine rings is 1. The lowest BCUT2D eigenvalue weighted by Crippen LogP contribution is -2.51.